The quantitative estimate of drug-likeness (QED) is 0.0344. The smallest absolute Gasteiger partial charge is 0.306 e. The Balaban J connectivity index is 4.24. The van der Waals surface area contributed by atoms with Gasteiger partial charge in [-0.2, -0.15) is 0 Å². The lowest BCUT2D eigenvalue weighted by Crippen LogP contribution is -2.30. The molecule has 0 spiro atoms. The molecule has 0 bridgehead atoms. The van der Waals surface area contributed by atoms with E-state index in [1.165, 1.54) is 199 Å². The van der Waals surface area contributed by atoms with Gasteiger partial charge in [-0.25, -0.2) is 0 Å². The van der Waals surface area contributed by atoms with Crippen LogP contribution >= 0.6 is 0 Å². The average Bonchev–Trinajstić information content (AvgIpc) is 3.24. The molecule has 1 atom stereocenters. The van der Waals surface area contributed by atoms with Crippen LogP contribution in [0.25, 0.3) is 0 Å². The number of unbranched alkanes of at least 4 members (excludes halogenated alkanes) is 35. The van der Waals surface area contributed by atoms with Crippen molar-refractivity contribution in [2.45, 2.75) is 317 Å². The summed E-state index contributed by atoms with van der Waals surface area (Å²) >= 11 is 0. The Morgan fingerprint density at radius 2 is 0.532 bits per heavy atom. The summed E-state index contributed by atoms with van der Waals surface area (Å²) in [5.41, 5.74) is 0. The maximum Gasteiger partial charge on any atom is 0.306 e. The molecule has 6 heteroatoms. The molecule has 0 saturated heterocycles. The van der Waals surface area contributed by atoms with Gasteiger partial charge in [0.15, 0.2) is 6.10 Å². The molecule has 0 rings (SSSR count). The van der Waals surface area contributed by atoms with Crippen molar-refractivity contribution in [3.8, 4) is 0 Å². The molecule has 0 aromatic rings. The lowest BCUT2D eigenvalue weighted by Gasteiger charge is -2.18. The van der Waals surface area contributed by atoms with Crippen LogP contribution in [0.1, 0.15) is 311 Å². The monoisotopic (exact) mass is 877 g/mol. The standard InChI is InChI=1S/C56H108O6/c1-6-7-8-9-10-11-26-31-36-41-46-54(57)60-49-53(62-56(59)48-43-38-33-28-23-19-18-21-25-30-35-40-45-52(4)5)50-61-55(58)47-42-37-32-27-22-17-15-13-12-14-16-20-24-29-34-39-44-51(2)3/h51-53H,6-50H2,1-5H3/t53-/m1/s1. The summed E-state index contributed by atoms with van der Waals surface area (Å²) in [6, 6.07) is 0. The predicted molar refractivity (Wildman–Crippen MR) is 266 cm³/mol. The minimum absolute atomic E-state index is 0.0630. The van der Waals surface area contributed by atoms with Crippen molar-refractivity contribution in [1.29, 1.82) is 0 Å². The normalized spacial score (nSPS) is 12.0. The molecule has 0 N–H and O–H groups in total. The highest BCUT2D eigenvalue weighted by atomic mass is 16.6. The summed E-state index contributed by atoms with van der Waals surface area (Å²) < 4.78 is 16.8. The third-order valence-electron chi connectivity index (χ3n) is 12.7. The SMILES string of the molecule is CCCCCCCCCCCCC(=O)OC[C@H](COC(=O)CCCCCCCCCCCCCCCCCCC(C)C)OC(=O)CCCCCCCCCCCCCCC(C)C. The summed E-state index contributed by atoms with van der Waals surface area (Å²) in [7, 11) is 0. The molecular formula is C56H108O6. The maximum absolute atomic E-state index is 12.8. The van der Waals surface area contributed by atoms with Crippen LogP contribution in [0.4, 0.5) is 0 Å². The third-order valence-corrected chi connectivity index (χ3v) is 12.7. The van der Waals surface area contributed by atoms with Gasteiger partial charge in [0, 0.05) is 19.3 Å². The van der Waals surface area contributed by atoms with Crippen molar-refractivity contribution >= 4 is 17.9 Å². The lowest BCUT2D eigenvalue weighted by molar-refractivity contribution is -0.167. The highest BCUT2D eigenvalue weighted by Crippen LogP contribution is 2.18. The van der Waals surface area contributed by atoms with E-state index >= 15 is 0 Å². The fourth-order valence-electron chi connectivity index (χ4n) is 8.52. The second-order valence-corrected chi connectivity index (χ2v) is 20.2. The van der Waals surface area contributed by atoms with Crippen LogP contribution in [0.2, 0.25) is 0 Å². The summed E-state index contributed by atoms with van der Waals surface area (Å²) in [4.78, 5) is 38.0. The second kappa shape index (κ2) is 48.9. The van der Waals surface area contributed by atoms with Gasteiger partial charge in [-0.15, -0.1) is 0 Å². The van der Waals surface area contributed by atoms with E-state index in [0.717, 1.165) is 69.6 Å². The van der Waals surface area contributed by atoms with Crippen LogP contribution in [0, 0.1) is 11.8 Å². The number of hydrogen-bond donors (Lipinski definition) is 0. The number of hydrogen-bond acceptors (Lipinski definition) is 6. The van der Waals surface area contributed by atoms with Crippen molar-refractivity contribution in [3.05, 3.63) is 0 Å². The largest absolute Gasteiger partial charge is 0.462 e. The molecule has 6 nitrogen and oxygen atoms in total. The van der Waals surface area contributed by atoms with E-state index in [9.17, 15) is 14.4 Å². The molecule has 0 aromatic carbocycles. The number of esters is 3. The zero-order valence-electron chi connectivity index (χ0n) is 42.5. The van der Waals surface area contributed by atoms with E-state index in [1.54, 1.807) is 0 Å². The van der Waals surface area contributed by atoms with Gasteiger partial charge in [-0.1, -0.05) is 272 Å². The van der Waals surface area contributed by atoms with E-state index in [2.05, 4.69) is 34.6 Å². The molecule has 0 aliphatic carbocycles. The molecule has 0 unspecified atom stereocenters. The van der Waals surface area contributed by atoms with E-state index in [0.29, 0.717) is 19.3 Å². The van der Waals surface area contributed by atoms with Crippen molar-refractivity contribution in [2.24, 2.45) is 11.8 Å². The minimum Gasteiger partial charge on any atom is -0.462 e. The Kier molecular flexibility index (Phi) is 47.6. The Labute approximate surface area is 387 Å². The molecular weight excluding hydrogens is 769 g/mol. The first kappa shape index (κ1) is 60.4. The highest BCUT2D eigenvalue weighted by Gasteiger charge is 2.19. The number of carbonyl (C=O) groups excluding carboxylic acids is 3. The van der Waals surface area contributed by atoms with Gasteiger partial charge in [0.05, 0.1) is 0 Å². The molecule has 0 aliphatic rings. The van der Waals surface area contributed by atoms with E-state index in [4.69, 9.17) is 14.2 Å². The van der Waals surface area contributed by atoms with Crippen LogP contribution < -0.4 is 0 Å². The fourth-order valence-corrected chi connectivity index (χ4v) is 8.52. The first-order valence-electron chi connectivity index (χ1n) is 27.7. The van der Waals surface area contributed by atoms with Gasteiger partial charge in [-0.3, -0.25) is 14.4 Å². The zero-order valence-corrected chi connectivity index (χ0v) is 42.5. The molecule has 0 amide bonds. The Bertz CT molecular complexity index is 947. The van der Waals surface area contributed by atoms with Crippen LogP contribution in [-0.2, 0) is 28.6 Å². The van der Waals surface area contributed by atoms with Crippen LogP contribution in [0.5, 0.6) is 0 Å². The van der Waals surface area contributed by atoms with E-state index in [-0.39, 0.29) is 31.1 Å². The molecule has 368 valence electrons. The fraction of sp³-hybridized carbons (Fsp3) is 0.946. The van der Waals surface area contributed by atoms with Gasteiger partial charge in [-0.05, 0) is 31.1 Å². The molecule has 0 radical (unpaired) electrons. The highest BCUT2D eigenvalue weighted by molar-refractivity contribution is 5.71. The predicted octanol–water partition coefficient (Wildman–Crippen LogP) is 18.1. The van der Waals surface area contributed by atoms with Crippen LogP contribution in [0.15, 0.2) is 0 Å². The van der Waals surface area contributed by atoms with Crippen molar-refractivity contribution in [1.82, 2.24) is 0 Å². The second-order valence-electron chi connectivity index (χ2n) is 20.2. The van der Waals surface area contributed by atoms with Gasteiger partial charge >= 0.3 is 17.9 Å². The maximum atomic E-state index is 12.8. The van der Waals surface area contributed by atoms with Gasteiger partial charge in [0.2, 0.25) is 0 Å². The van der Waals surface area contributed by atoms with E-state index < -0.39 is 6.10 Å². The third kappa shape index (κ3) is 49.4. The topological polar surface area (TPSA) is 78.9 Å². The molecule has 0 saturated carbocycles. The lowest BCUT2D eigenvalue weighted by atomic mass is 10.0. The van der Waals surface area contributed by atoms with Gasteiger partial charge < -0.3 is 14.2 Å². The first-order valence-corrected chi connectivity index (χ1v) is 27.7. The van der Waals surface area contributed by atoms with Crippen molar-refractivity contribution < 1.29 is 28.6 Å². The summed E-state index contributed by atoms with van der Waals surface area (Å²) in [6.07, 6.45) is 50.9. The summed E-state index contributed by atoms with van der Waals surface area (Å²) in [6.45, 7) is 11.4. The molecule has 62 heavy (non-hydrogen) atoms. The minimum atomic E-state index is -0.761. The van der Waals surface area contributed by atoms with Crippen molar-refractivity contribution in [3.63, 3.8) is 0 Å². The molecule has 0 aromatic heterocycles. The molecule has 0 aliphatic heterocycles. The summed E-state index contributed by atoms with van der Waals surface area (Å²) in [5.74, 6) is 0.841. The van der Waals surface area contributed by atoms with Gasteiger partial charge in [0.1, 0.15) is 13.2 Å². The van der Waals surface area contributed by atoms with Crippen LogP contribution in [0.3, 0.4) is 0 Å². The number of carbonyl (C=O) groups is 3. The first-order chi connectivity index (χ1) is 30.2. The molecule has 0 fully saturated rings. The average molecular weight is 877 g/mol. The Morgan fingerprint density at radius 3 is 0.790 bits per heavy atom. The van der Waals surface area contributed by atoms with Crippen LogP contribution in [-0.4, -0.2) is 37.2 Å². The van der Waals surface area contributed by atoms with E-state index in [1.807, 2.05) is 0 Å². The summed E-state index contributed by atoms with van der Waals surface area (Å²) in [5, 5.41) is 0. The number of ether oxygens (including phenoxy) is 3. The van der Waals surface area contributed by atoms with Crippen molar-refractivity contribution in [2.75, 3.05) is 13.2 Å². The number of rotatable bonds is 50. The Morgan fingerprint density at radius 1 is 0.306 bits per heavy atom. The Hall–Kier alpha value is -1.59. The van der Waals surface area contributed by atoms with Gasteiger partial charge in [0.25, 0.3) is 0 Å². The molecule has 0 heterocycles. The zero-order chi connectivity index (χ0) is 45.4.